The third-order valence-electron chi connectivity index (χ3n) is 3.87. The Morgan fingerprint density at radius 2 is 1.78 bits per heavy atom. The topological polar surface area (TPSA) is 20.2 Å². The number of aliphatic hydroxyl groups is 1. The Morgan fingerprint density at radius 3 is 2.56 bits per heavy atom. The molecule has 1 aromatic carbocycles. The first-order valence-corrected chi connectivity index (χ1v) is 7.14. The molecule has 2 rings (SSSR count). The normalized spacial score (nSPS) is 23.3. The first-order valence-electron chi connectivity index (χ1n) is 7.14. The van der Waals surface area contributed by atoms with Crippen LogP contribution in [0.1, 0.15) is 51.0 Å². The van der Waals surface area contributed by atoms with Crippen LogP contribution in [-0.2, 0) is 6.42 Å². The minimum Gasteiger partial charge on any atom is -0.385 e. The Balaban J connectivity index is 2.08. The monoisotopic (exact) mass is 244 g/mol. The molecule has 0 spiro atoms. The fourth-order valence-corrected chi connectivity index (χ4v) is 2.79. The molecule has 1 nitrogen and oxygen atoms in total. The van der Waals surface area contributed by atoms with Crippen molar-refractivity contribution in [1.82, 2.24) is 0 Å². The van der Waals surface area contributed by atoms with Gasteiger partial charge in [-0.2, -0.15) is 0 Å². The van der Waals surface area contributed by atoms with Crippen LogP contribution in [0.5, 0.6) is 0 Å². The smallest absolute Gasteiger partial charge is 0.0868 e. The zero-order valence-electron chi connectivity index (χ0n) is 11.4. The lowest BCUT2D eigenvalue weighted by atomic mass is 9.84. The van der Waals surface area contributed by atoms with Crippen molar-refractivity contribution in [3.05, 3.63) is 47.5 Å². The third-order valence-corrected chi connectivity index (χ3v) is 3.87. The van der Waals surface area contributed by atoms with E-state index in [9.17, 15) is 5.11 Å². The van der Waals surface area contributed by atoms with E-state index in [1.54, 1.807) is 0 Å². The molecule has 0 bridgehead atoms. The molecule has 98 valence electrons. The van der Waals surface area contributed by atoms with E-state index in [0.29, 0.717) is 0 Å². The van der Waals surface area contributed by atoms with Crippen LogP contribution in [0.15, 0.2) is 42.0 Å². The third kappa shape index (κ3) is 3.71. The molecule has 0 saturated heterocycles. The minimum absolute atomic E-state index is 0.682. The lowest BCUT2D eigenvalue weighted by Gasteiger charge is -2.28. The second-order valence-corrected chi connectivity index (χ2v) is 5.62. The number of rotatable bonds is 3. The summed E-state index contributed by atoms with van der Waals surface area (Å²) in [6.45, 7) is 1.97. The summed E-state index contributed by atoms with van der Waals surface area (Å²) >= 11 is 0. The van der Waals surface area contributed by atoms with Gasteiger partial charge in [0, 0.05) is 6.42 Å². The summed E-state index contributed by atoms with van der Waals surface area (Å²) in [6, 6.07) is 10.3. The van der Waals surface area contributed by atoms with Gasteiger partial charge in [0.25, 0.3) is 0 Å². The Kier molecular flexibility index (Phi) is 4.60. The molecule has 0 heterocycles. The van der Waals surface area contributed by atoms with E-state index >= 15 is 0 Å². The first-order chi connectivity index (χ1) is 8.68. The van der Waals surface area contributed by atoms with Crippen molar-refractivity contribution in [2.75, 3.05) is 0 Å². The van der Waals surface area contributed by atoms with Gasteiger partial charge in [0.1, 0.15) is 0 Å². The van der Waals surface area contributed by atoms with Crippen molar-refractivity contribution < 1.29 is 5.11 Å². The second kappa shape index (κ2) is 6.19. The minimum atomic E-state index is -0.682. The summed E-state index contributed by atoms with van der Waals surface area (Å²) in [5, 5.41) is 10.7. The van der Waals surface area contributed by atoms with Crippen LogP contribution in [-0.4, -0.2) is 10.7 Å². The van der Waals surface area contributed by atoms with Gasteiger partial charge in [-0.25, -0.2) is 0 Å². The molecule has 1 aliphatic rings. The van der Waals surface area contributed by atoms with Crippen LogP contribution in [0.2, 0.25) is 0 Å². The lowest BCUT2D eigenvalue weighted by Crippen LogP contribution is -2.30. The van der Waals surface area contributed by atoms with Gasteiger partial charge >= 0.3 is 0 Å². The predicted octanol–water partition coefficient (Wildman–Crippen LogP) is 4.26. The first kappa shape index (κ1) is 13.4. The highest BCUT2D eigenvalue weighted by Crippen LogP contribution is 2.28. The molecular formula is C17H24O. The van der Waals surface area contributed by atoms with Crippen molar-refractivity contribution in [2.45, 2.75) is 57.5 Å². The number of hydrogen-bond donors (Lipinski definition) is 1. The van der Waals surface area contributed by atoms with Gasteiger partial charge in [-0.15, -0.1) is 0 Å². The number of benzene rings is 1. The van der Waals surface area contributed by atoms with Gasteiger partial charge in [-0.3, -0.25) is 0 Å². The highest BCUT2D eigenvalue weighted by molar-refractivity contribution is 5.24. The highest BCUT2D eigenvalue weighted by atomic mass is 16.3. The molecule has 0 aliphatic heterocycles. The summed E-state index contributed by atoms with van der Waals surface area (Å²) in [5.41, 5.74) is 1.77. The number of hydrogen-bond acceptors (Lipinski definition) is 1. The van der Waals surface area contributed by atoms with Gasteiger partial charge in [-0.05, 0) is 43.7 Å². The molecule has 0 aromatic heterocycles. The van der Waals surface area contributed by atoms with Gasteiger partial charge in [0.05, 0.1) is 5.60 Å². The average molecular weight is 244 g/mol. The Bertz CT molecular complexity index is 389. The van der Waals surface area contributed by atoms with Crippen LogP contribution in [0.25, 0.3) is 0 Å². The van der Waals surface area contributed by atoms with Crippen LogP contribution in [0.3, 0.4) is 0 Å². The van der Waals surface area contributed by atoms with Crippen molar-refractivity contribution in [3.8, 4) is 0 Å². The maximum absolute atomic E-state index is 10.7. The van der Waals surface area contributed by atoms with Gasteiger partial charge < -0.3 is 5.11 Å². The fourth-order valence-electron chi connectivity index (χ4n) is 2.79. The molecule has 0 fully saturated rings. The van der Waals surface area contributed by atoms with Crippen molar-refractivity contribution in [2.24, 2.45) is 0 Å². The summed E-state index contributed by atoms with van der Waals surface area (Å²) in [7, 11) is 0. The molecule has 1 aromatic rings. The van der Waals surface area contributed by atoms with Gasteiger partial charge in [0.15, 0.2) is 0 Å². The van der Waals surface area contributed by atoms with Crippen LogP contribution < -0.4 is 0 Å². The van der Waals surface area contributed by atoms with E-state index in [1.807, 2.05) is 25.1 Å². The van der Waals surface area contributed by atoms with E-state index in [1.165, 1.54) is 36.8 Å². The predicted molar refractivity (Wildman–Crippen MR) is 76.6 cm³/mol. The molecule has 0 amide bonds. The van der Waals surface area contributed by atoms with Crippen LogP contribution >= 0.6 is 0 Å². The lowest BCUT2D eigenvalue weighted by molar-refractivity contribution is 0.0940. The van der Waals surface area contributed by atoms with Crippen LogP contribution in [0.4, 0.5) is 0 Å². The Morgan fingerprint density at radius 1 is 1.06 bits per heavy atom. The summed E-state index contributed by atoms with van der Waals surface area (Å²) in [5.74, 6) is 0. The molecule has 1 unspecified atom stereocenters. The Labute approximate surface area is 111 Å². The fraction of sp³-hybridized carbons (Fsp3) is 0.529. The zero-order valence-corrected chi connectivity index (χ0v) is 11.4. The molecule has 0 radical (unpaired) electrons. The zero-order chi connectivity index (χ0) is 12.8. The second-order valence-electron chi connectivity index (χ2n) is 5.62. The quantitative estimate of drug-likeness (QED) is 0.788. The highest BCUT2D eigenvalue weighted by Gasteiger charge is 2.25. The number of allylic oxidation sites excluding steroid dienone is 1. The maximum Gasteiger partial charge on any atom is 0.0868 e. The van der Waals surface area contributed by atoms with E-state index < -0.39 is 5.60 Å². The SMILES string of the molecule is CC(O)(Cc1ccccc1)/C1=C/CCCCCC1. The van der Waals surface area contributed by atoms with E-state index in [-0.39, 0.29) is 0 Å². The molecule has 18 heavy (non-hydrogen) atoms. The van der Waals surface area contributed by atoms with E-state index in [4.69, 9.17) is 0 Å². The maximum atomic E-state index is 10.7. The van der Waals surface area contributed by atoms with E-state index in [0.717, 1.165) is 19.3 Å². The standard InChI is InChI=1S/C17H24O/c1-17(18,14-15-10-6-5-7-11-15)16-12-8-3-2-4-9-13-16/h5-7,10-12,18H,2-4,8-9,13-14H2,1H3/b16-12+. The van der Waals surface area contributed by atoms with Gasteiger partial charge in [0.2, 0.25) is 0 Å². The largest absolute Gasteiger partial charge is 0.385 e. The average Bonchev–Trinajstić information content (AvgIpc) is 2.28. The van der Waals surface area contributed by atoms with Crippen molar-refractivity contribution >= 4 is 0 Å². The van der Waals surface area contributed by atoms with Crippen molar-refractivity contribution in [3.63, 3.8) is 0 Å². The summed E-state index contributed by atoms with van der Waals surface area (Å²) in [6.07, 6.45) is 10.3. The summed E-state index contributed by atoms with van der Waals surface area (Å²) in [4.78, 5) is 0. The van der Waals surface area contributed by atoms with Crippen molar-refractivity contribution in [1.29, 1.82) is 0 Å². The van der Waals surface area contributed by atoms with Crippen LogP contribution in [0, 0.1) is 0 Å². The van der Waals surface area contributed by atoms with E-state index in [2.05, 4.69) is 18.2 Å². The molecule has 1 heteroatoms. The Hall–Kier alpha value is -1.08. The van der Waals surface area contributed by atoms with Gasteiger partial charge in [-0.1, -0.05) is 49.2 Å². The molecule has 1 N–H and O–H groups in total. The molecule has 0 saturated carbocycles. The molecule has 1 atom stereocenters. The molecule has 1 aliphatic carbocycles. The molecular weight excluding hydrogens is 220 g/mol. The summed E-state index contributed by atoms with van der Waals surface area (Å²) < 4.78 is 0.